The Kier molecular flexibility index (Phi) is 11.7. The molecule has 0 bridgehead atoms. The summed E-state index contributed by atoms with van der Waals surface area (Å²) >= 11 is 0. The number of fused-ring (bicyclic) bond motifs is 3. The van der Waals surface area contributed by atoms with Crippen LogP contribution in [-0.2, 0) is 39.8 Å². The molecule has 5 unspecified atom stereocenters. The number of hydrogen-bond acceptors (Lipinski definition) is 16. The van der Waals surface area contributed by atoms with Gasteiger partial charge in [-0.1, -0.05) is 12.1 Å². The molecule has 0 radical (unpaired) electrons. The molecule has 1 heterocycles. The summed E-state index contributed by atoms with van der Waals surface area (Å²) in [5.41, 5.74) is -3.87. The highest BCUT2D eigenvalue weighted by molar-refractivity contribution is 6.31. The Hall–Kier alpha value is -4.45. The van der Waals surface area contributed by atoms with Crippen LogP contribution in [0.25, 0.3) is 0 Å². The van der Waals surface area contributed by atoms with Crippen molar-refractivity contribution in [3.63, 3.8) is 0 Å². The van der Waals surface area contributed by atoms with Gasteiger partial charge in [0.2, 0.25) is 12.1 Å². The van der Waals surface area contributed by atoms with Gasteiger partial charge in [0.15, 0.2) is 17.9 Å². The Balaban J connectivity index is 1.41. The predicted octanol–water partition coefficient (Wildman–Crippen LogP) is 1.25. The van der Waals surface area contributed by atoms with Gasteiger partial charge in [0.05, 0.1) is 42.1 Å². The summed E-state index contributed by atoms with van der Waals surface area (Å²) in [6.45, 7) is 3.34. The number of hydrogen-bond donors (Lipinski definition) is 6. The Morgan fingerprint density at radius 3 is 2.33 bits per heavy atom. The number of carbonyl (C=O) groups excluding carboxylic acids is 5. The number of Topliss-reactive ketones (excluding diaryl/α,β-unsaturated/α-hetero) is 1. The van der Waals surface area contributed by atoms with Crippen molar-refractivity contribution in [3.8, 4) is 17.2 Å². The fourth-order valence-electron chi connectivity index (χ4n) is 7.15. The molecular formula is C36H43NO15. The molecule has 1 fully saturated rings. The van der Waals surface area contributed by atoms with E-state index in [1.54, 1.807) is 6.92 Å². The number of esters is 2. The molecule has 16 heteroatoms. The Morgan fingerprint density at radius 1 is 1.02 bits per heavy atom. The first-order valence-corrected chi connectivity index (χ1v) is 16.9. The third kappa shape index (κ3) is 7.53. The van der Waals surface area contributed by atoms with E-state index in [-0.39, 0.29) is 40.8 Å². The highest BCUT2D eigenvalue weighted by Crippen LogP contribution is 2.52. The van der Waals surface area contributed by atoms with E-state index in [9.17, 15) is 49.5 Å². The number of rotatable bonds is 13. The minimum absolute atomic E-state index is 0.0346. The number of nitrogens with one attached hydrogen (secondary N) is 1. The lowest BCUT2D eigenvalue weighted by Gasteiger charge is -2.43. The van der Waals surface area contributed by atoms with Gasteiger partial charge in [-0.05, 0) is 32.4 Å². The highest BCUT2D eigenvalue weighted by Gasteiger charge is 2.50. The number of methoxy groups -OCH3 is 1. The fraction of sp³-hybridized carbons (Fsp3) is 0.528. The van der Waals surface area contributed by atoms with E-state index < -0.39 is 114 Å². The first kappa shape index (κ1) is 38.8. The second kappa shape index (κ2) is 15.7. The molecule has 282 valence electrons. The Labute approximate surface area is 298 Å². The molecule has 6 atom stereocenters. The van der Waals surface area contributed by atoms with Gasteiger partial charge < -0.3 is 54.5 Å². The lowest BCUT2D eigenvalue weighted by Crippen LogP contribution is -2.54. The van der Waals surface area contributed by atoms with Crippen LogP contribution in [0.2, 0.25) is 0 Å². The van der Waals surface area contributed by atoms with E-state index in [0.717, 1.165) is 0 Å². The van der Waals surface area contributed by atoms with E-state index >= 15 is 0 Å². The summed E-state index contributed by atoms with van der Waals surface area (Å²) in [6.07, 6.45) is -5.15. The summed E-state index contributed by atoms with van der Waals surface area (Å²) in [4.78, 5) is 63.2. The second-order valence-corrected chi connectivity index (χ2v) is 13.2. The maximum Gasteiger partial charge on any atom is 0.305 e. The van der Waals surface area contributed by atoms with Crippen LogP contribution in [0.3, 0.4) is 0 Å². The number of carbonyl (C=O) groups is 5. The number of unbranched alkanes of at least 4 members (excludes halogenated alkanes) is 1. The average Bonchev–Trinajstić information content (AvgIpc) is 3.08. The third-order valence-electron chi connectivity index (χ3n) is 9.63. The molecule has 1 saturated heterocycles. The molecule has 1 aliphatic heterocycles. The van der Waals surface area contributed by atoms with Crippen LogP contribution in [-0.4, -0.2) is 112 Å². The summed E-state index contributed by atoms with van der Waals surface area (Å²) in [7, 11) is 1.31. The molecule has 2 aromatic carbocycles. The molecular weight excluding hydrogens is 686 g/mol. The highest BCUT2D eigenvalue weighted by atomic mass is 16.7. The van der Waals surface area contributed by atoms with E-state index in [1.807, 2.05) is 0 Å². The number of benzene rings is 2. The van der Waals surface area contributed by atoms with Gasteiger partial charge in [0.1, 0.15) is 29.5 Å². The van der Waals surface area contributed by atoms with Crippen LogP contribution < -0.4 is 10.1 Å². The summed E-state index contributed by atoms with van der Waals surface area (Å²) < 4.78 is 27.5. The zero-order chi connectivity index (χ0) is 38.1. The number of aromatic hydroxyl groups is 2. The van der Waals surface area contributed by atoms with Crippen molar-refractivity contribution in [2.45, 2.75) is 102 Å². The number of aliphatic hydroxyl groups is 3. The molecule has 3 aliphatic rings. The minimum atomic E-state index is -2.30. The minimum Gasteiger partial charge on any atom is -0.507 e. The fourth-order valence-corrected chi connectivity index (χ4v) is 7.15. The summed E-state index contributed by atoms with van der Waals surface area (Å²) in [5, 5.41) is 58.6. The van der Waals surface area contributed by atoms with Crippen molar-refractivity contribution >= 4 is 29.3 Å². The van der Waals surface area contributed by atoms with E-state index in [4.69, 9.17) is 23.7 Å². The largest absolute Gasteiger partial charge is 0.507 e. The maximum absolute atomic E-state index is 13.9. The normalized spacial score (nSPS) is 25.2. The Morgan fingerprint density at radius 2 is 1.69 bits per heavy atom. The number of ether oxygens (including phenoxy) is 5. The number of ketones is 3. The van der Waals surface area contributed by atoms with Gasteiger partial charge in [-0.25, -0.2) is 0 Å². The SMILES string of the molecule is COc1cccc2c1C(=O)c1c(O)c3c(c(O)c1C2=O)C[C@@](O)(C(=O)CO)CC3OC1CC(NCCCCC(OC(C)=O)OC(C)=O)C(O)C(C)O1. The lowest BCUT2D eigenvalue weighted by atomic mass is 9.72. The summed E-state index contributed by atoms with van der Waals surface area (Å²) in [6, 6.07) is 3.74. The zero-order valence-electron chi connectivity index (χ0n) is 29.2. The van der Waals surface area contributed by atoms with Crippen molar-refractivity contribution in [1.29, 1.82) is 0 Å². The van der Waals surface area contributed by atoms with Gasteiger partial charge in [0, 0.05) is 62.3 Å². The van der Waals surface area contributed by atoms with E-state index in [0.29, 0.717) is 19.4 Å². The molecule has 0 spiro atoms. The van der Waals surface area contributed by atoms with Gasteiger partial charge in [-0.3, -0.25) is 24.0 Å². The number of aliphatic hydroxyl groups excluding tert-OH is 2. The first-order chi connectivity index (χ1) is 24.6. The molecule has 2 aliphatic carbocycles. The predicted molar refractivity (Wildman–Crippen MR) is 177 cm³/mol. The van der Waals surface area contributed by atoms with Crippen LogP contribution in [0.1, 0.15) is 102 Å². The van der Waals surface area contributed by atoms with Gasteiger partial charge in [-0.2, -0.15) is 0 Å². The molecule has 5 rings (SSSR count). The van der Waals surface area contributed by atoms with Gasteiger partial charge in [-0.15, -0.1) is 0 Å². The van der Waals surface area contributed by atoms with Gasteiger partial charge in [0.25, 0.3) is 0 Å². The van der Waals surface area contributed by atoms with Crippen molar-refractivity contribution in [3.05, 3.63) is 51.6 Å². The Bertz CT molecular complexity index is 1740. The topological polar surface area (TPSA) is 245 Å². The third-order valence-corrected chi connectivity index (χ3v) is 9.63. The molecule has 0 aromatic heterocycles. The summed E-state index contributed by atoms with van der Waals surface area (Å²) in [5.74, 6) is -5.13. The molecule has 16 nitrogen and oxygen atoms in total. The standard InChI is InChI=1S/C36H43NO15/c1-16-31(42)21(37-11-6-5-10-25(50-17(2)39)51-18(3)40)12-26(49-16)52-23-14-36(47,24(41)15-38)13-20-28(23)35(46)30-29(33(20)44)32(43)19-8-7-9-22(48-4)27(19)34(30)45/h7-9,16,21,23,25-26,31,37-38,42,44,46-47H,5-6,10-15H2,1-4H3/t16?,21?,23?,26?,31?,36-/m0/s1. The molecule has 52 heavy (non-hydrogen) atoms. The monoisotopic (exact) mass is 729 g/mol. The molecule has 2 aromatic rings. The van der Waals surface area contributed by atoms with Gasteiger partial charge >= 0.3 is 11.9 Å². The van der Waals surface area contributed by atoms with Crippen LogP contribution in [0.5, 0.6) is 17.2 Å². The quantitative estimate of drug-likeness (QED) is 0.0627. The van der Waals surface area contributed by atoms with E-state index in [1.165, 1.54) is 39.2 Å². The second-order valence-electron chi connectivity index (χ2n) is 13.2. The van der Waals surface area contributed by atoms with Crippen LogP contribution in [0.15, 0.2) is 18.2 Å². The lowest BCUT2D eigenvalue weighted by molar-refractivity contribution is -0.249. The average molecular weight is 730 g/mol. The van der Waals surface area contributed by atoms with Crippen LogP contribution >= 0.6 is 0 Å². The molecule has 0 amide bonds. The molecule has 0 saturated carbocycles. The van der Waals surface area contributed by atoms with Crippen molar-refractivity contribution in [2.24, 2.45) is 0 Å². The van der Waals surface area contributed by atoms with Crippen molar-refractivity contribution < 1.29 is 73.2 Å². The van der Waals surface area contributed by atoms with Crippen LogP contribution in [0.4, 0.5) is 0 Å². The zero-order valence-corrected chi connectivity index (χ0v) is 29.2. The molecule has 6 N–H and O–H groups in total. The smallest absolute Gasteiger partial charge is 0.305 e. The maximum atomic E-state index is 13.9. The van der Waals surface area contributed by atoms with Crippen molar-refractivity contribution in [1.82, 2.24) is 5.32 Å². The van der Waals surface area contributed by atoms with E-state index in [2.05, 4.69) is 5.32 Å². The number of phenols is 2. The van der Waals surface area contributed by atoms with Crippen LogP contribution in [0, 0.1) is 0 Å². The first-order valence-electron chi connectivity index (χ1n) is 16.9. The number of phenolic OH excluding ortho intramolecular Hbond substituents is 2. The van der Waals surface area contributed by atoms with Crippen molar-refractivity contribution in [2.75, 3.05) is 20.3 Å².